The number of aromatic hydroxyl groups is 1. The zero-order chi connectivity index (χ0) is 20.7. The fourth-order valence-corrected chi connectivity index (χ4v) is 3.39. The summed E-state index contributed by atoms with van der Waals surface area (Å²) < 4.78 is 32.9. The molecule has 0 aromatic carbocycles. The number of hydrogen-bond donors (Lipinski definition) is 1. The average Bonchev–Trinajstić information content (AvgIpc) is 3.24. The third-order valence-corrected chi connectivity index (χ3v) is 4.74. The lowest BCUT2D eigenvalue weighted by molar-refractivity contribution is -0.0500. The fourth-order valence-electron chi connectivity index (χ4n) is 3.39. The van der Waals surface area contributed by atoms with Crippen molar-refractivity contribution < 1.29 is 18.6 Å². The van der Waals surface area contributed by atoms with Crippen molar-refractivity contribution >= 4 is 10.9 Å². The van der Waals surface area contributed by atoms with Gasteiger partial charge in [-0.25, -0.2) is 4.98 Å². The second-order valence-corrected chi connectivity index (χ2v) is 6.61. The highest BCUT2D eigenvalue weighted by molar-refractivity contribution is 5.93. The molecular formula is C20H19F2N5O2. The number of hydrogen-bond acceptors (Lipinski definition) is 5. The van der Waals surface area contributed by atoms with Crippen LogP contribution in [-0.4, -0.2) is 36.0 Å². The Hall–Kier alpha value is -3.49. The third-order valence-electron chi connectivity index (χ3n) is 4.74. The molecule has 0 spiro atoms. The molecule has 0 amide bonds. The first-order valence-electron chi connectivity index (χ1n) is 9.04. The molecule has 0 atom stereocenters. The summed E-state index contributed by atoms with van der Waals surface area (Å²) >= 11 is 0. The highest BCUT2D eigenvalue weighted by Crippen LogP contribution is 2.36. The van der Waals surface area contributed by atoms with Gasteiger partial charge in [-0.05, 0) is 38.5 Å². The van der Waals surface area contributed by atoms with Crippen LogP contribution in [0.2, 0.25) is 0 Å². The van der Waals surface area contributed by atoms with E-state index in [1.165, 1.54) is 18.5 Å². The van der Waals surface area contributed by atoms with Gasteiger partial charge in [-0.1, -0.05) is 0 Å². The molecule has 4 rings (SSSR count). The maximum absolute atomic E-state index is 12.5. The Morgan fingerprint density at radius 3 is 2.69 bits per heavy atom. The van der Waals surface area contributed by atoms with Gasteiger partial charge < -0.3 is 9.84 Å². The van der Waals surface area contributed by atoms with Crippen molar-refractivity contribution in [3.05, 3.63) is 48.0 Å². The van der Waals surface area contributed by atoms with Gasteiger partial charge in [-0.2, -0.15) is 13.9 Å². The van der Waals surface area contributed by atoms with Crippen LogP contribution in [0.25, 0.3) is 28.0 Å². The molecule has 0 aliphatic carbocycles. The Bertz CT molecular complexity index is 1200. The first-order chi connectivity index (χ1) is 13.9. The minimum absolute atomic E-state index is 0.0423. The van der Waals surface area contributed by atoms with Gasteiger partial charge >= 0.3 is 6.61 Å². The number of nitrogens with zero attached hydrogens (tertiary/aromatic N) is 5. The minimum atomic E-state index is -2.93. The van der Waals surface area contributed by atoms with Crippen LogP contribution in [0, 0.1) is 13.8 Å². The number of ether oxygens (including phenoxy) is 1. The minimum Gasteiger partial charge on any atom is -0.494 e. The van der Waals surface area contributed by atoms with Crippen molar-refractivity contribution in [2.24, 2.45) is 0 Å². The van der Waals surface area contributed by atoms with Gasteiger partial charge in [0.2, 0.25) is 5.88 Å². The average molecular weight is 399 g/mol. The Balaban J connectivity index is 1.87. The van der Waals surface area contributed by atoms with Gasteiger partial charge in [0.15, 0.2) is 5.82 Å². The lowest BCUT2D eigenvalue weighted by Crippen LogP contribution is -2.02. The molecular weight excluding hydrogens is 380 g/mol. The summed E-state index contributed by atoms with van der Waals surface area (Å²) in [6.07, 6.45) is 4.59. The zero-order valence-electron chi connectivity index (χ0n) is 16.1. The normalized spacial score (nSPS) is 11.5. The van der Waals surface area contributed by atoms with E-state index < -0.39 is 6.61 Å². The number of aromatic nitrogens is 5. The van der Waals surface area contributed by atoms with Crippen molar-refractivity contribution in [3.63, 3.8) is 0 Å². The molecule has 29 heavy (non-hydrogen) atoms. The predicted molar refractivity (Wildman–Crippen MR) is 104 cm³/mol. The lowest BCUT2D eigenvalue weighted by atomic mass is 10.1. The molecule has 0 saturated heterocycles. The zero-order valence-corrected chi connectivity index (χ0v) is 16.1. The van der Waals surface area contributed by atoms with Gasteiger partial charge in [-0.3, -0.25) is 14.2 Å². The van der Waals surface area contributed by atoms with E-state index in [1.54, 1.807) is 15.3 Å². The molecule has 0 fully saturated rings. The fraction of sp³-hybridized carbons (Fsp3) is 0.250. The summed E-state index contributed by atoms with van der Waals surface area (Å²) in [5.74, 6) is 0.609. The molecule has 0 aliphatic rings. The van der Waals surface area contributed by atoms with Crippen LogP contribution in [0.4, 0.5) is 8.78 Å². The molecule has 4 aromatic rings. The summed E-state index contributed by atoms with van der Waals surface area (Å²) in [4.78, 5) is 8.62. The van der Waals surface area contributed by atoms with Crippen LogP contribution in [0.5, 0.6) is 11.6 Å². The second-order valence-electron chi connectivity index (χ2n) is 6.61. The van der Waals surface area contributed by atoms with Crippen LogP contribution in [-0.2, 0) is 6.54 Å². The van der Waals surface area contributed by atoms with E-state index in [0.717, 1.165) is 11.3 Å². The standard InChI is InChI=1S/C20H19F2N5O2/c1-4-26-6-5-16(25-26)27-12(3)18-17(19(27)28)11(2)7-15(24-18)13-8-14(10-23-9-13)29-20(21)22/h5-10,20,28H,4H2,1-3H3. The van der Waals surface area contributed by atoms with E-state index in [0.29, 0.717) is 34.5 Å². The Morgan fingerprint density at radius 2 is 2.00 bits per heavy atom. The quantitative estimate of drug-likeness (QED) is 0.543. The molecule has 150 valence electrons. The van der Waals surface area contributed by atoms with Crippen molar-refractivity contribution in [2.45, 2.75) is 33.9 Å². The van der Waals surface area contributed by atoms with Gasteiger partial charge in [0.25, 0.3) is 0 Å². The van der Waals surface area contributed by atoms with Crippen LogP contribution < -0.4 is 4.74 Å². The van der Waals surface area contributed by atoms with Crippen LogP contribution in [0.3, 0.4) is 0 Å². The topological polar surface area (TPSA) is 78.0 Å². The van der Waals surface area contributed by atoms with Gasteiger partial charge in [0, 0.05) is 30.6 Å². The summed E-state index contributed by atoms with van der Waals surface area (Å²) in [5.41, 5.74) is 3.19. The summed E-state index contributed by atoms with van der Waals surface area (Å²) in [7, 11) is 0. The molecule has 0 bridgehead atoms. The Kier molecular flexibility index (Phi) is 4.65. The summed E-state index contributed by atoms with van der Waals surface area (Å²) in [5, 5.41) is 15.9. The number of pyridine rings is 2. The first-order valence-corrected chi connectivity index (χ1v) is 9.04. The van der Waals surface area contributed by atoms with Crippen LogP contribution in [0.15, 0.2) is 36.8 Å². The monoisotopic (exact) mass is 399 g/mol. The highest BCUT2D eigenvalue weighted by atomic mass is 19.3. The summed E-state index contributed by atoms with van der Waals surface area (Å²) in [6.45, 7) is 3.46. The second kappa shape index (κ2) is 7.16. The first kappa shape index (κ1) is 18.9. The molecule has 1 N–H and O–H groups in total. The lowest BCUT2D eigenvalue weighted by Gasteiger charge is -2.07. The molecule has 0 aliphatic heterocycles. The van der Waals surface area contributed by atoms with E-state index in [9.17, 15) is 13.9 Å². The van der Waals surface area contributed by atoms with E-state index in [2.05, 4.69) is 19.8 Å². The molecule has 0 saturated carbocycles. The molecule has 9 heteroatoms. The van der Waals surface area contributed by atoms with Gasteiger partial charge in [0.05, 0.1) is 28.5 Å². The third kappa shape index (κ3) is 3.28. The smallest absolute Gasteiger partial charge is 0.387 e. The largest absolute Gasteiger partial charge is 0.494 e. The number of rotatable bonds is 5. The Labute approximate surface area is 165 Å². The Morgan fingerprint density at radius 1 is 1.21 bits per heavy atom. The molecule has 0 radical (unpaired) electrons. The van der Waals surface area contributed by atoms with Crippen molar-refractivity contribution in [2.75, 3.05) is 0 Å². The number of aryl methyl sites for hydroxylation is 3. The predicted octanol–water partition coefficient (Wildman–Crippen LogP) is 4.23. The van der Waals surface area contributed by atoms with E-state index >= 15 is 0 Å². The number of halogens is 2. The van der Waals surface area contributed by atoms with Gasteiger partial charge in [-0.15, -0.1) is 0 Å². The summed E-state index contributed by atoms with van der Waals surface area (Å²) in [6, 6.07) is 5.06. The van der Waals surface area contributed by atoms with Crippen LogP contribution in [0.1, 0.15) is 18.2 Å². The SMILES string of the molecule is CCn1ccc(-n2c(C)c3nc(-c4cncc(OC(F)F)c4)cc(C)c3c2O)n1. The maximum atomic E-state index is 12.5. The highest BCUT2D eigenvalue weighted by Gasteiger charge is 2.21. The molecule has 0 unspecified atom stereocenters. The molecule has 7 nitrogen and oxygen atoms in total. The van der Waals surface area contributed by atoms with E-state index in [1.807, 2.05) is 33.0 Å². The number of fused-ring (bicyclic) bond motifs is 1. The molecule has 4 heterocycles. The van der Waals surface area contributed by atoms with E-state index in [4.69, 9.17) is 0 Å². The number of alkyl halides is 2. The molecule has 4 aromatic heterocycles. The van der Waals surface area contributed by atoms with Crippen molar-refractivity contribution in [1.82, 2.24) is 24.3 Å². The van der Waals surface area contributed by atoms with E-state index in [-0.39, 0.29) is 11.6 Å². The van der Waals surface area contributed by atoms with Gasteiger partial charge in [0.1, 0.15) is 5.75 Å². The maximum Gasteiger partial charge on any atom is 0.387 e. The van der Waals surface area contributed by atoms with Crippen molar-refractivity contribution in [1.29, 1.82) is 0 Å². The van der Waals surface area contributed by atoms with Crippen molar-refractivity contribution in [3.8, 4) is 28.7 Å². The van der Waals surface area contributed by atoms with Crippen LogP contribution >= 0.6 is 0 Å².